The molecule has 0 spiro atoms. The number of likely N-dealkylation sites (tertiary alicyclic amines) is 2. The highest BCUT2D eigenvalue weighted by Gasteiger charge is 2.52. The first-order valence-electron chi connectivity index (χ1n) is 10.4. The number of nitrogens with zero attached hydrogens (tertiary/aromatic N) is 2. The first kappa shape index (κ1) is 22.8. The van der Waals surface area contributed by atoms with Gasteiger partial charge in [0, 0.05) is 30.6 Å². The molecule has 166 valence electrons. The topological polar surface area (TPSA) is 49.9 Å². The standard InChI is InChI=1S/C22H29ClF2N2O3/c1-21(2,3)30-20(29)26-13-10-15(11-14-26)22(24,25)19(28)27-12-6-9-18(27)16-7-4-5-8-17(16)23/h4-5,7-8,15,18H,6,9-14H2,1-3H3. The van der Waals surface area contributed by atoms with E-state index < -0.39 is 35.5 Å². The first-order valence-corrected chi connectivity index (χ1v) is 10.8. The van der Waals surface area contributed by atoms with Gasteiger partial charge in [-0.05, 0) is 58.1 Å². The smallest absolute Gasteiger partial charge is 0.410 e. The third-order valence-electron chi connectivity index (χ3n) is 5.72. The molecular formula is C22H29ClF2N2O3. The lowest BCUT2D eigenvalue weighted by Gasteiger charge is -2.38. The molecule has 2 amide bonds. The molecule has 2 saturated heterocycles. The van der Waals surface area contributed by atoms with Gasteiger partial charge in [-0.1, -0.05) is 29.8 Å². The zero-order chi connectivity index (χ0) is 22.1. The van der Waals surface area contributed by atoms with Crippen LogP contribution in [0, 0.1) is 5.92 Å². The third kappa shape index (κ3) is 4.88. The van der Waals surface area contributed by atoms with E-state index in [1.165, 1.54) is 9.80 Å². The summed E-state index contributed by atoms with van der Waals surface area (Å²) >= 11 is 6.25. The minimum absolute atomic E-state index is 0.0581. The summed E-state index contributed by atoms with van der Waals surface area (Å²) in [4.78, 5) is 27.8. The largest absolute Gasteiger partial charge is 0.444 e. The van der Waals surface area contributed by atoms with Crippen LogP contribution in [-0.2, 0) is 9.53 Å². The van der Waals surface area contributed by atoms with Crippen LogP contribution < -0.4 is 0 Å². The van der Waals surface area contributed by atoms with Gasteiger partial charge >= 0.3 is 12.0 Å². The maximum absolute atomic E-state index is 15.2. The van der Waals surface area contributed by atoms with Crippen molar-refractivity contribution in [3.8, 4) is 0 Å². The van der Waals surface area contributed by atoms with Crippen molar-refractivity contribution in [3.63, 3.8) is 0 Å². The van der Waals surface area contributed by atoms with Crippen molar-refractivity contribution >= 4 is 23.6 Å². The monoisotopic (exact) mass is 442 g/mol. The number of carbonyl (C=O) groups excluding carboxylic acids is 2. The van der Waals surface area contributed by atoms with Crippen LogP contribution in [0.3, 0.4) is 0 Å². The summed E-state index contributed by atoms with van der Waals surface area (Å²) in [6, 6.07) is 6.64. The van der Waals surface area contributed by atoms with Crippen LogP contribution in [0.2, 0.25) is 5.02 Å². The van der Waals surface area contributed by atoms with Crippen LogP contribution >= 0.6 is 11.6 Å². The van der Waals surface area contributed by atoms with E-state index in [1.54, 1.807) is 45.0 Å². The molecule has 8 heteroatoms. The van der Waals surface area contributed by atoms with Crippen molar-refractivity contribution in [2.45, 2.75) is 64.0 Å². The molecule has 2 aliphatic heterocycles. The van der Waals surface area contributed by atoms with E-state index >= 15 is 8.78 Å². The lowest BCUT2D eigenvalue weighted by atomic mass is 9.89. The zero-order valence-electron chi connectivity index (χ0n) is 17.7. The molecule has 30 heavy (non-hydrogen) atoms. The maximum atomic E-state index is 15.2. The summed E-state index contributed by atoms with van der Waals surface area (Å²) in [6.45, 7) is 5.87. The molecule has 1 unspecified atom stereocenters. The summed E-state index contributed by atoms with van der Waals surface area (Å²) in [5.74, 6) is -5.72. The lowest BCUT2D eigenvalue weighted by molar-refractivity contribution is -0.169. The van der Waals surface area contributed by atoms with E-state index in [-0.39, 0.29) is 25.9 Å². The van der Waals surface area contributed by atoms with Gasteiger partial charge in [0.05, 0.1) is 6.04 Å². The molecule has 0 saturated carbocycles. The predicted molar refractivity (Wildman–Crippen MR) is 111 cm³/mol. The van der Waals surface area contributed by atoms with E-state index in [9.17, 15) is 9.59 Å². The number of amides is 2. The normalized spacial score (nSPS) is 21.1. The molecule has 0 aliphatic carbocycles. The lowest BCUT2D eigenvalue weighted by Crippen LogP contribution is -2.51. The number of carbonyl (C=O) groups is 2. The molecular weight excluding hydrogens is 414 g/mol. The fourth-order valence-corrected chi connectivity index (χ4v) is 4.46. The van der Waals surface area contributed by atoms with E-state index in [4.69, 9.17) is 16.3 Å². The highest BCUT2D eigenvalue weighted by molar-refractivity contribution is 6.31. The summed E-state index contributed by atoms with van der Waals surface area (Å²) in [5.41, 5.74) is 0.0673. The summed E-state index contributed by atoms with van der Waals surface area (Å²) < 4.78 is 35.7. The van der Waals surface area contributed by atoms with Crippen molar-refractivity contribution in [1.82, 2.24) is 9.80 Å². The molecule has 0 radical (unpaired) electrons. The molecule has 5 nitrogen and oxygen atoms in total. The van der Waals surface area contributed by atoms with Crippen LogP contribution in [0.25, 0.3) is 0 Å². The number of rotatable bonds is 3. The van der Waals surface area contributed by atoms with Crippen LogP contribution in [0.5, 0.6) is 0 Å². The van der Waals surface area contributed by atoms with E-state index in [0.717, 1.165) is 0 Å². The number of hydrogen-bond donors (Lipinski definition) is 0. The van der Waals surface area contributed by atoms with Gasteiger partial charge < -0.3 is 14.5 Å². The fourth-order valence-electron chi connectivity index (χ4n) is 4.20. The molecule has 3 rings (SSSR count). The second kappa shape index (κ2) is 8.69. The van der Waals surface area contributed by atoms with Gasteiger partial charge in [-0.2, -0.15) is 8.78 Å². The number of alkyl halides is 2. The highest BCUT2D eigenvalue weighted by Crippen LogP contribution is 2.41. The third-order valence-corrected chi connectivity index (χ3v) is 6.07. The van der Waals surface area contributed by atoms with Gasteiger partial charge in [-0.25, -0.2) is 4.79 Å². The number of piperidine rings is 1. The Labute approximate surface area is 181 Å². The number of hydrogen-bond acceptors (Lipinski definition) is 3. The van der Waals surface area contributed by atoms with Gasteiger partial charge in [-0.15, -0.1) is 0 Å². The fraction of sp³-hybridized carbons (Fsp3) is 0.636. The van der Waals surface area contributed by atoms with Crippen molar-refractivity contribution in [2.75, 3.05) is 19.6 Å². The quantitative estimate of drug-likeness (QED) is 0.639. The molecule has 1 aromatic rings. The van der Waals surface area contributed by atoms with Crippen molar-refractivity contribution in [3.05, 3.63) is 34.9 Å². The SMILES string of the molecule is CC(C)(C)OC(=O)N1CCC(C(F)(F)C(=O)N2CCCC2c2ccccc2Cl)CC1. The molecule has 0 N–H and O–H groups in total. The maximum Gasteiger partial charge on any atom is 0.410 e. The Morgan fingerprint density at radius 3 is 2.30 bits per heavy atom. The minimum Gasteiger partial charge on any atom is -0.444 e. The Hall–Kier alpha value is -1.89. The highest BCUT2D eigenvalue weighted by atomic mass is 35.5. The zero-order valence-corrected chi connectivity index (χ0v) is 18.4. The Morgan fingerprint density at radius 1 is 1.07 bits per heavy atom. The van der Waals surface area contributed by atoms with Gasteiger partial charge in [0.1, 0.15) is 5.60 Å². The summed E-state index contributed by atoms with van der Waals surface area (Å²) in [7, 11) is 0. The Kier molecular flexibility index (Phi) is 6.60. The molecule has 1 atom stereocenters. The average Bonchev–Trinajstić information content (AvgIpc) is 3.16. The first-order chi connectivity index (χ1) is 14.0. The van der Waals surface area contributed by atoms with E-state index in [2.05, 4.69) is 0 Å². The summed E-state index contributed by atoms with van der Waals surface area (Å²) in [6.07, 6.45) is 0.886. The average molecular weight is 443 g/mol. The van der Waals surface area contributed by atoms with Gasteiger partial charge in [-0.3, -0.25) is 4.79 Å². The number of ether oxygens (including phenoxy) is 1. The summed E-state index contributed by atoms with van der Waals surface area (Å²) in [5, 5.41) is 0.483. The second-order valence-electron chi connectivity index (χ2n) is 9.04. The van der Waals surface area contributed by atoms with Crippen molar-refractivity contribution < 1.29 is 23.1 Å². The van der Waals surface area contributed by atoms with Crippen molar-refractivity contribution in [1.29, 1.82) is 0 Å². The van der Waals surface area contributed by atoms with Crippen LogP contribution in [0.15, 0.2) is 24.3 Å². The van der Waals surface area contributed by atoms with Crippen LogP contribution in [-0.4, -0.2) is 53.0 Å². The van der Waals surface area contributed by atoms with Gasteiger partial charge in [0.15, 0.2) is 0 Å². The minimum atomic E-state index is -3.48. The number of benzene rings is 1. The van der Waals surface area contributed by atoms with Crippen LogP contribution in [0.4, 0.5) is 13.6 Å². The molecule has 2 heterocycles. The van der Waals surface area contributed by atoms with Gasteiger partial charge in [0.25, 0.3) is 5.91 Å². The van der Waals surface area contributed by atoms with E-state index in [0.29, 0.717) is 30.0 Å². The molecule has 0 bridgehead atoms. The predicted octanol–water partition coefficient (Wildman–Crippen LogP) is 5.29. The molecule has 0 aromatic heterocycles. The Balaban J connectivity index is 1.66. The second-order valence-corrected chi connectivity index (χ2v) is 9.45. The number of halogens is 3. The molecule has 2 aliphatic rings. The van der Waals surface area contributed by atoms with Crippen molar-refractivity contribution in [2.24, 2.45) is 5.92 Å². The molecule has 1 aromatic carbocycles. The Morgan fingerprint density at radius 2 is 1.70 bits per heavy atom. The van der Waals surface area contributed by atoms with E-state index in [1.807, 2.05) is 0 Å². The van der Waals surface area contributed by atoms with Gasteiger partial charge in [0.2, 0.25) is 0 Å². The van der Waals surface area contributed by atoms with Crippen LogP contribution in [0.1, 0.15) is 58.1 Å². The molecule has 2 fully saturated rings. The Bertz CT molecular complexity index is 789.